The second-order valence-electron chi connectivity index (χ2n) is 4.25. The molecule has 1 rings (SSSR count). The monoisotopic (exact) mass is 278 g/mol. The molecule has 1 aromatic rings. The SMILES string of the molecule is CCN(CC(F)(F)F)C(=O)N[C@H](C)c1cnn(C)c1. The Morgan fingerprint density at radius 3 is 2.63 bits per heavy atom. The van der Waals surface area contributed by atoms with Crippen LogP contribution in [0.25, 0.3) is 0 Å². The van der Waals surface area contributed by atoms with Gasteiger partial charge in [0.15, 0.2) is 0 Å². The van der Waals surface area contributed by atoms with Crippen molar-refractivity contribution < 1.29 is 18.0 Å². The van der Waals surface area contributed by atoms with Gasteiger partial charge in [-0.3, -0.25) is 4.68 Å². The van der Waals surface area contributed by atoms with E-state index >= 15 is 0 Å². The van der Waals surface area contributed by atoms with Crippen LogP contribution in [0.2, 0.25) is 0 Å². The number of alkyl halides is 3. The summed E-state index contributed by atoms with van der Waals surface area (Å²) in [5.74, 6) is 0. The number of rotatable bonds is 4. The second kappa shape index (κ2) is 5.94. The molecule has 0 aliphatic rings. The van der Waals surface area contributed by atoms with E-state index < -0.39 is 24.8 Å². The third-order valence-electron chi connectivity index (χ3n) is 2.60. The molecule has 0 bridgehead atoms. The minimum absolute atomic E-state index is 0.00883. The summed E-state index contributed by atoms with van der Waals surface area (Å²) in [6.07, 6.45) is -1.14. The normalized spacial score (nSPS) is 13.2. The first-order valence-corrected chi connectivity index (χ1v) is 5.83. The number of halogens is 3. The van der Waals surface area contributed by atoms with Crippen LogP contribution in [0.5, 0.6) is 0 Å². The number of amides is 2. The van der Waals surface area contributed by atoms with Crippen LogP contribution in [0.3, 0.4) is 0 Å². The first-order chi connectivity index (χ1) is 8.73. The Balaban J connectivity index is 2.62. The number of aromatic nitrogens is 2. The zero-order valence-corrected chi connectivity index (χ0v) is 11.0. The number of hydrogen-bond donors (Lipinski definition) is 1. The Bertz CT molecular complexity index is 430. The summed E-state index contributed by atoms with van der Waals surface area (Å²) >= 11 is 0. The molecule has 8 heteroatoms. The molecule has 0 aromatic carbocycles. The van der Waals surface area contributed by atoms with E-state index in [1.165, 1.54) is 6.92 Å². The molecule has 0 fully saturated rings. The number of urea groups is 1. The summed E-state index contributed by atoms with van der Waals surface area (Å²) in [6, 6.07) is -1.14. The maximum Gasteiger partial charge on any atom is 0.406 e. The van der Waals surface area contributed by atoms with Crippen LogP contribution in [-0.2, 0) is 7.05 Å². The molecule has 1 atom stereocenters. The summed E-state index contributed by atoms with van der Waals surface area (Å²) in [6.45, 7) is 1.93. The first kappa shape index (κ1) is 15.3. The summed E-state index contributed by atoms with van der Waals surface area (Å²) in [5, 5.41) is 6.46. The highest BCUT2D eigenvalue weighted by Crippen LogP contribution is 2.17. The molecular weight excluding hydrogens is 261 g/mol. The van der Waals surface area contributed by atoms with Gasteiger partial charge >= 0.3 is 12.2 Å². The average molecular weight is 278 g/mol. The zero-order chi connectivity index (χ0) is 14.6. The number of hydrogen-bond acceptors (Lipinski definition) is 2. The second-order valence-corrected chi connectivity index (χ2v) is 4.25. The molecule has 1 heterocycles. The van der Waals surface area contributed by atoms with Crippen LogP contribution in [-0.4, -0.2) is 40.0 Å². The van der Waals surface area contributed by atoms with Gasteiger partial charge in [-0.05, 0) is 13.8 Å². The van der Waals surface area contributed by atoms with E-state index in [-0.39, 0.29) is 6.54 Å². The highest BCUT2D eigenvalue weighted by molar-refractivity contribution is 5.74. The van der Waals surface area contributed by atoms with Gasteiger partial charge in [-0.1, -0.05) is 0 Å². The fourth-order valence-corrected chi connectivity index (χ4v) is 1.57. The van der Waals surface area contributed by atoms with E-state index in [1.54, 1.807) is 31.0 Å². The smallest absolute Gasteiger partial charge is 0.331 e. The van der Waals surface area contributed by atoms with Crippen molar-refractivity contribution in [2.75, 3.05) is 13.1 Å². The van der Waals surface area contributed by atoms with E-state index in [1.807, 2.05) is 0 Å². The van der Waals surface area contributed by atoms with Gasteiger partial charge < -0.3 is 10.2 Å². The quantitative estimate of drug-likeness (QED) is 0.916. The predicted molar refractivity (Wildman–Crippen MR) is 63.5 cm³/mol. The molecule has 1 N–H and O–H groups in total. The number of aryl methyl sites for hydroxylation is 1. The third-order valence-corrected chi connectivity index (χ3v) is 2.60. The molecule has 2 amide bonds. The maximum absolute atomic E-state index is 12.3. The molecule has 0 spiro atoms. The topological polar surface area (TPSA) is 50.2 Å². The van der Waals surface area contributed by atoms with Gasteiger partial charge in [-0.2, -0.15) is 18.3 Å². The summed E-state index contributed by atoms with van der Waals surface area (Å²) in [5.41, 5.74) is 0.735. The Morgan fingerprint density at radius 1 is 1.58 bits per heavy atom. The van der Waals surface area contributed by atoms with E-state index in [9.17, 15) is 18.0 Å². The molecule has 0 saturated heterocycles. The average Bonchev–Trinajstić information content (AvgIpc) is 2.71. The Kier molecular flexibility index (Phi) is 4.79. The maximum atomic E-state index is 12.3. The van der Waals surface area contributed by atoms with Gasteiger partial charge in [-0.25, -0.2) is 4.79 Å². The standard InChI is InChI=1S/C11H17F3N4O/c1-4-18(7-11(12,13)14)10(19)16-8(2)9-5-15-17(3)6-9/h5-6,8H,4,7H2,1-3H3,(H,16,19)/t8-/m1/s1. The lowest BCUT2D eigenvalue weighted by Crippen LogP contribution is -2.45. The van der Waals surface area contributed by atoms with Gasteiger partial charge in [0.05, 0.1) is 12.2 Å². The van der Waals surface area contributed by atoms with E-state index in [2.05, 4.69) is 10.4 Å². The molecule has 1 aromatic heterocycles. The number of nitrogens with zero attached hydrogens (tertiary/aromatic N) is 3. The van der Waals surface area contributed by atoms with E-state index in [0.29, 0.717) is 4.90 Å². The van der Waals surface area contributed by atoms with Crippen molar-refractivity contribution in [2.45, 2.75) is 26.1 Å². The molecule has 19 heavy (non-hydrogen) atoms. The lowest BCUT2D eigenvalue weighted by atomic mass is 10.2. The molecule has 0 unspecified atom stereocenters. The number of carbonyl (C=O) groups excluding carboxylic acids is 1. The van der Waals surface area contributed by atoms with Gasteiger partial charge in [0.1, 0.15) is 6.54 Å². The van der Waals surface area contributed by atoms with E-state index in [0.717, 1.165) is 5.56 Å². The Hall–Kier alpha value is -1.73. The number of carbonyl (C=O) groups is 1. The van der Waals surface area contributed by atoms with Gasteiger partial charge in [0, 0.05) is 25.4 Å². The molecule has 0 saturated carbocycles. The highest BCUT2D eigenvalue weighted by atomic mass is 19.4. The molecular formula is C11H17F3N4O. The molecule has 5 nitrogen and oxygen atoms in total. The molecule has 0 radical (unpaired) electrons. The van der Waals surface area contributed by atoms with Gasteiger partial charge in [0.2, 0.25) is 0 Å². The van der Waals surface area contributed by atoms with Crippen molar-refractivity contribution in [2.24, 2.45) is 7.05 Å². The first-order valence-electron chi connectivity index (χ1n) is 5.83. The summed E-state index contributed by atoms with van der Waals surface area (Å²) in [7, 11) is 1.72. The Morgan fingerprint density at radius 2 is 2.21 bits per heavy atom. The fourth-order valence-electron chi connectivity index (χ4n) is 1.57. The molecule has 108 valence electrons. The molecule has 0 aliphatic carbocycles. The highest BCUT2D eigenvalue weighted by Gasteiger charge is 2.32. The zero-order valence-electron chi connectivity index (χ0n) is 11.0. The predicted octanol–water partition coefficient (Wildman–Crippen LogP) is 2.07. The minimum Gasteiger partial charge on any atom is -0.331 e. The van der Waals surface area contributed by atoms with Crippen molar-refractivity contribution in [1.82, 2.24) is 20.0 Å². The van der Waals surface area contributed by atoms with Crippen LogP contribution in [0, 0.1) is 0 Å². The van der Waals surface area contributed by atoms with Crippen molar-refractivity contribution in [3.63, 3.8) is 0 Å². The Labute approximate surface area is 109 Å². The lowest BCUT2D eigenvalue weighted by Gasteiger charge is -2.24. The van der Waals surface area contributed by atoms with Crippen LogP contribution >= 0.6 is 0 Å². The van der Waals surface area contributed by atoms with E-state index in [4.69, 9.17) is 0 Å². The lowest BCUT2D eigenvalue weighted by molar-refractivity contribution is -0.139. The van der Waals surface area contributed by atoms with Crippen molar-refractivity contribution >= 4 is 6.03 Å². The summed E-state index contributed by atoms with van der Waals surface area (Å²) in [4.78, 5) is 12.4. The largest absolute Gasteiger partial charge is 0.406 e. The van der Waals surface area contributed by atoms with Crippen LogP contribution < -0.4 is 5.32 Å². The third kappa shape index (κ3) is 4.80. The fraction of sp³-hybridized carbons (Fsp3) is 0.636. The van der Waals surface area contributed by atoms with Crippen molar-refractivity contribution in [3.05, 3.63) is 18.0 Å². The van der Waals surface area contributed by atoms with Crippen molar-refractivity contribution in [3.8, 4) is 0 Å². The summed E-state index contributed by atoms with van der Waals surface area (Å²) < 4.78 is 38.4. The van der Waals surface area contributed by atoms with Gasteiger partial charge in [0.25, 0.3) is 0 Å². The van der Waals surface area contributed by atoms with Crippen LogP contribution in [0.1, 0.15) is 25.5 Å². The van der Waals surface area contributed by atoms with Crippen LogP contribution in [0.15, 0.2) is 12.4 Å². The number of nitrogens with one attached hydrogen (secondary N) is 1. The minimum atomic E-state index is -4.40. The van der Waals surface area contributed by atoms with Gasteiger partial charge in [-0.15, -0.1) is 0 Å². The van der Waals surface area contributed by atoms with Crippen molar-refractivity contribution in [1.29, 1.82) is 0 Å². The van der Waals surface area contributed by atoms with Crippen LogP contribution in [0.4, 0.5) is 18.0 Å². The molecule has 0 aliphatic heterocycles.